The lowest BCUT2D eigenvalue weighted by Gasteiger charge is -2.44. The highest BCUT2D eigenvalue weighted by Gasteiger charge is 2.42. The molecule has 7 nitrogen and oxygen atoms in total. The van der Waals surface area contributed by atoms with E-state index in [1.165, 1.54) is 28.5 Å². The highest BCUT2D eigenvalue weighted by molar-refractivity contribution is 8.01. The average molecular weight is 467 g/mol. The number of carboxylic acid groups (broad SMARTS) is 1. The molecule has 2 heterocycles. The van der Waals surface area contributed by atoms with Gasteiger partial charge in [0.05, 0.1) is 12.1 Å². The van der Waals surface area contributed by atoms with E-state index >= 15 is 0 Å². The molecular weight excluding hydrogens is 436 g/mol. The van der Waals surface area contributed by atoms with Crippen molar-refractivity contribution < 1.29 is 24.5 Å². The Labute approximate surface area is 191 Å². The summed E-state index contributed by atoms with van der Waals surface area (Å²) in [6, 6.07) is -0.239. The van der Waals surface area contributed by atoms with E-state index in [0.29, 0.717) is 16.6 Å². The molecule has 1 amide bonds. The Balaban J connectivity index is 1.58. The van der Waals surface area contributed by atoms with Gasteiger partial charge in [-0.05, 0) is 32.6 Å². The quantitative estimate of drug-likeness (QED) is 0.363. The third-order valence-electron chi connectivity index (χ3n) is 6.02. The summed E-state index contributed by atoms with van der Waals surface area (Å²) in [5, 5.41) is 21.3. The van der Waals surface area contributed by atoms with Gasteiger partial charge in [0.25, 0.3) is 0 Å². The second kappa shape index (κ2) is 10.7. The number of hydrogen-bond donors (Lipinski definition) is 2. The molecule has 2 N–H and O–H groups in total. The predicted molar refractivity (Wildman–Crippen MR) is 122 cm³/mol. The van der Waals surface area contributed by atoms with E-state index in [0.717, 1.165) is 32.1 Å². The summed E-state index contributed by atoms with van der Waals surface area (Å²) >= 11 is 2.70. The first-order valence-electron chi connectivity index (χ1n) is 10.7. The summed E-state index contributed by atoms with van der Waals surface area (Å²) in [6.07, 6.45) is 11.8. The van der Waals surface area contributed by atoms with Crippen molar-refractivity contribution in [2.24, 2.45) is 5.41 Å². The van der Waals surface area contributed by atoms with Crippen LogP contribution in [0.15, 0.2) is 34.0 Å². The fraction of sp³-hybridized carbons (Fsp3) is 0.591. The zero-order valence-electron chi connectivity index (χ0n) is 17.9. The van der Waals surface area contributed by atoms with Gasteiger partial charge in [0.2, 0.25) is 0 Å². The van der Waals surface area contributed by atoms with Gasteiger partial charge in [-0.15, -0.1) is 11.3 Å². The van der Waals surface area contributed by atoms with Crippen LogP contribution in [0.4, 0.5) is 4.79 Å². The van der Waals surface area contributed by atoms with Crippen molar-refractivity contribution in [3.63, 3.8) is 0 Å². The molecule has 9 heteroatoms. The highest BCUT2D eigenvalue weighted by Crippen LogP contribution is 2.47. The summed E-state index contributed by atoms with van der Waals surface area (Å²) in [7, 11) is 0. The molecule has 1 aliphatic heterocycles. The number of carbonyl (C=O) groups is 2. The highest BCUT2D eigenvalue weighted by atomic mass is 32.2. The molecule has 3 atom stereocenters. The van der Waals surface area contributed by atoms with Crippen LogP contribution in [0.5, 0.6) is 0 Å². The number of thioether (sulfide) groups is 1. The maximum Gasteiger partial charge on any atom is 0.410 e. The van der Waals surface area contributed by atoms with Crippen LogP contribution in [0.1, 0.15) is 56.4 Å². The van der Waals surface area contributed by atoms with Crippen LogP contribution in [0, 0.1) is 5.41 Å². The first kappa shape index (κ1) is 23.8. The van der Waals surface area contributed by atoms with Crippen molar-refractivity contribution in [1.29, 1.82) is 0 Å². The number of hydrogen-bond acceptors (Lipinski definition) is 7. The smallest absolute Gasteiger partial charge is 0.410 e. The molecular formula is C22H30N2O5S2. The Bertz CT molecular complexity index is 834. The minimum atomic E-state index is -1.04. The number of thiazole rings is 1. The summed E-state index contributed by atoms with van der Waals surface area (Å²) in [5.41, 5.74) is -0.0578. The largest absolute Gasteiger partial charge is 0.476 e. The number of aromatic carboxylic acids is 1. The minimum Gasteiger partial charge on any atom is -0.476 e. The van der Waals surface area contributed by atoms with Crippen LogP contribution in [0.2, 0.25) is 0 Å². The van der Waals surface area contributed by atoms with Crippen LogP contribution in [-0.4, -0.2) is 62.7 Å². The van der Waals surface area contributed by atoms with Crippen molar-refractivity contribution in [3.8, 4) is 0 Å². The van der Waals surface area contributed by atoms with Gasteiger partial charge in [-0.1, -0.05) is 49.4 Å². The van der Waals surface area contributed by atoms with Crippen molar-refractivity contribution in [2.45, 2.75) is 68.5 Å². The number of aliphatic hydroxyl groups excluding tert-OH is 1. The van der Waals surface area contributed by atoms with Gasteiger partial charge in [-0.25, -0.2) is 14.6 Å². The molecule has 31 heavy (non-hydrogen) atoms. The van der Waals surface area contributed by atoms with Crippen molar-refractivity contribution >= 4 is 35.2 Å². The molecule has 0 aromatic carbocycles. The first-order chi connectivity index (χ1) is 14.9. The van der Waals surface area contributed by atoms with Crippen LogP contribution in [0.25, 0.3) is 0 Å². The van der Waals surface area contributed by atoms with E-state index in [1.807, 2.05) is 19.1 Å². The third kappa shape index (κ3) is 5.70. The topological polar surface area (TPSA) is 100.0 Å². The van der Waals surface area contributed by atoms with Crippen molar-refractivity contribution in [2.75, 3.05) is 12.3 Å². The average Bonchev–Trinajstić information content (AvgIpc) is 3.27. The number of carboxylic acids is 1. The fourth-order valence-corrected chi connectivity index (χ4v) is 5.79. The molecule has 0 spiro atoms. The Morgan fingerprint density at radius 2 is 2.26 bits per heavy atom. The predicted octanol–water partition coefficient (Wildman–Crippen LogP) is 4.59. The lowest BCUT2D eigenvalue weighted by atomic mass is 9.63. The van der Waals surface area contributed by atoms with Crippen LogP contribution in [0.3, 0.4) is 0 Å². The van der Waals surface area contributed by atoms with E-state index in [9.17, 15) is 14.7 Å². The number of allylic oxidation sites excluding steroid dienone is 2. The lowest BCUT2D eigenvalue weighted by Crippen LogP contribution is -2.41. The van der Waals surface area contributed by atoms with Gasteiger partial charge in [0.15, 0.2) is 10.0 Å². The monoisotopic (exact) mass is 466 g/mol. The number of cyclic esters (lactones) is 1. The molecule has 1 saturated carbocycles. The first-order valence-corrected chi connectivity index (χ1v) is 12.5. The number of carbonyl (C=O) groups excluding carboxylic acids is 1. The third-order valence-corrected chi connectivity index (χ3v) is 8.02. The van der Waals surface area contributed by atoms with Gasteiger partial charge in [-0.3, -0.25) is 4.90 Å². The molecule has 3 unspecified atom stereocenters. The number of rotatable bonds is 11. The second-order valence-electron chi connectivity index (χ2n) is 8.05. The van der Waals surface area contributed by atoms with Crippen LogP contribution >= 0.6 is 23.1 Å². The van der Waals surface area contributed by atoms with E-state index in [2.05, 4.69) is 24.1 Å². The second-order valence-corrected chi connectivity index (χ2v) is 10.3. The molecule has 1 saturated heterocycles. The van der Waals surface area contributed by atoms with Gasteiger partial charge in [0.1, 0.15) is 6.10 Å². The van der Waals surface area contributed by atoms with Gasteiger partial charge in [-0.2, -0.15) is 0 Å². The molecule has 0 bridgehead atoms. The zero-order valence-corrected chi connectivity index (χ0v) is 19.5. The maximum atomic E-state index is 12.3. The van der Waals surface area contributed by atoms with Gasteiger partial charge >= 0.3 is 12.1 Å². The molecule has 2 fully saturated rings. The fourth-order valence-electron chi connectivity index (χ4n) is 3.98. The Morgan fingerprint density at radius 3 is 2.87 bits per heavy atom. The lowest BCUT2D eigenvalue weighted by molar-refractivity contribution is -0.00303. The van der Waals surface area contributed by atoms with Crippen LogP contribution in [-0.2, 0) is 4.74 Å². The van der Waals surface area contributed by atoms with Gasteiger partial charge < -0.3 is 14.9 Å². The Kier molecular flexibility index (Phi) is 8.18. The normalized spacial score (nSPS) is 24.0. The zero-order chi connectivity index (χ0) is 22.4. The van der Waals surface area contributed by atoms with Crippen molar-refractivity contribution in [1.82, 2.24) is 9.88 Å². The minimum absolute atomic E-state index is 0.0372. The summed E-state index contributed by atoms with van der Waals surface area (Å²) in [4.78, 5) is 29.0. The van der Waals surface area contributed by atoms with Crippen LogP contribution < -0.4 is 0 Å². The molecule has 3 rings (SSSR count). The number of nitrogens with zero attached hydrogens (tertiary/aromatic N) is 2. The molecule has 2 aliphatic rings. The summed E-state index contributed by atoms with van der Waals surface area (Å²) in [6.45, 7) is 4.41. The molecule has 170 valence electrons. The Hall–Kier alpha value is -1.84. The van der Waals surface area contributed by atoms with Gasteiger partial charge in [0, 0.05) is 23.1 Å². The number of amides is 1. The van der Waals surface area contributed by atoms with E-state index < -0.39 is 12.1 Å². The standard InChI is InChI=1S/C22H30N2O5S2/c1-3-4-5-9-22(10-6-11-22)18(25)8-7-17-15(2)29-21(28)24(17)12-13-30-20-23-16(14-31-20)19(26)27/h4-5,7-8,14-15,17-18,25H,3,6,9-13H2,1-2H3,(H,26,27). The SMILES string of the molecule is CCC=CCC1(C(O)C=CC2C(C)OC(=O)N2CCSc2nc(C(=O)O)cs2)CCC1. The number of aliphatic hydroxyl groups is 1. The maximum absolute atomic E-state index is 12.3. The number of aromatic nitrogens is 1. The molecule has 1 aromatic heterocycles. The van der Waals surface area contributed by atoms with E-state index in [1.54, 1.807) is 4.90 Å². The Morgan fingerprint density at radius 1 is 1.48 bits per heavy atom. The van der Waals surface area contributed by atoms with Crippen molar-refractivity contribution in [3.05, 3.63) is 35.4 Å². The molecule has 1 aromatic rings. The van der Waals surface area contributed by atoms with E-state index in [4.69, 9.17) is 9.84 Å². The molecule has 0 radical (unpaired) electrons. The summed E-state index contributed by atoms with van der Waals surface area (Å²) < 4.78 is 6.07. The summed E-state index contributed by atoms with van der Waals surface area (Å²) in [5.74, 6) is -0.467. The number of ether oxygens (including phenoxy) is 1. The molecule has 1 aliphatic carbocycles. The van der Waals surface area contributed by atoms with E-state index in [-0.39, 0.29) is 29.3 Å².